The number of sulfone groups is 1. The van der Waals surface area contributed by atoms with Gasteiger partial charge in [0, 0.05) is 12.8 Å². The molecular weight excluding hydrogens is 472 g/mol. The minimum atomic E-state index is -3.22. The van der Waals surface area contributed by atoms with Gasteiger partial charge >= 0.3 is 0 Å². The summed E-state index contributed by atoms with van der Waals surface area (Å²) in [4.78, 5) is 4.33. The van der Waals surface area contributed by atoms with Gasteiger partial charge in [-0.15, -0.1) is 24.0 Å². The van der Waals surface area contributed by atoms with Crippen LogP contribution in [0.15, 0.2) is 29.3 Å². The summed E-state index contributed by atoms with van der Waals surface area (Å²) in [5.41, 5.74) is 0. The standard InChI is InChI=1S/C17H28FN3O3S.HI/c1-6-19-16(21-12-17(3,4)25(5,22)23)20-11-13(2)24-15-10-8-7-9-14(15)18;/h7-10,13H,6,11-12H2,1-5H3,(H2,19,20,21);1H. The number of hydrogen-bond donors (Lipinski definition) is 2. The third kappa shape index (κ3) is 8.07. The third-order valence-corrected chi connectivity index (χ3v) is 5.82. The van der Waals surface area contributed by atoms with Crippen molar-refractivity contribution in [3.8, 4) is 5.75 Å². The number of para-hydroxylation sites is 1. The van der Waals surface area contributed by atoms with Crippen molar-refractivity contribution in [2.24, 2.45) is 4.99 Å². The van der Waals surface area contributed by atoms with Crippen LogP contribution in [0.25, 0.3) is 0 Å². The van der Waals surface area contributed by atoms with Crippen molar-refractivity contribution in [1.29, 1.82) is 0 Å². The lowest BCUT2D eigenvalue weighted by atomic mass is 10.2. The highest BCUT2D eigenvalue weighted by Gasteiger charge is 2.29. The summed E-state index contributed by atoms with van der Waals surface area (Å²) >= 11 is 0. The predicted molar refractivity (Wildman–Crippen MR) is 115 cm³/mol. The van der Waals surface area contributed by atoms with Crippen LogP contribution >= 0.6 is 24.0 Å². The number of halogens is 2. The van der Waals surface area contributed by atoms with E-state index in [0.29, 0.717) is 19.0 Å². The first-order valence-corrected chi connectivity index (χ1v) is 10.1. The summed E-state index contributed by atoms with van der Waals surface area (Å²) in [6.07, 6.45) is 0.899. The molecule has 0 fully saturated rings. The maximum atomic E-state index is 13.6. The van der Waals surface area contributed by atoms with E-state index in [9.17, 15) is 12.8 Å². The van der Waals surface area contributed by atoms with Crippen LogP contribution in [0.2, 0.25) is 0 Å². The molecule has 0 aliphatic carbocycles. The Hall–Kier alpha value is -1.10. The molecule has 0 aliphatic heterocycles. The van der Waals surface area contributed by atoms with Crippen LogP contribution in [0.3, 0.4) is 0 Å². The van der Waals surface area contributed by atoms with Gasteiger partial charge in [-0.3, -0.25) is 4.99 Å². The molecule has 0 amide bonds. The highest BCUT2D eigenvalue weighted by atomic mass is 127. The smallest absolute Gasteiger partial charge is 0.191 e. The van der Waals surface area contributed by atoms with E-state index >= 15 is 0 Å². The molecule has 26 heavy (non-hydrogen) atoms. The molecule has 0 heterocycles. The molecule has 0 bridgehead atoms. The molecule has 1 unspecified atom stereocenters. The van der Waals surface area contributed by atoms with Gasteiger partial charge in [0.2, 0.25) is 0 Å². The normalized spacial score (nSPS) is 13.5. The van der Waals surface area contributed by atoms with Crippen LogP contribution in [0.1, 0.15) is 27.7 Å². The topological polar surface area (TPSA) is 79.8 Å². The number of guanidine groups is 1. The molecule has 2 N–H and O–H groups in total. The monoisotopic (exact) mass is 501 g/mol. The van der Waals surface area contributed by atoms with Crippen LogP contribution in [-0.4, -0.2) is 51.1 Å². The zero-order valence-electron chi connectivity index (χ0n) is 15.9. The number of benzene rings is 1. The average Bonchev–Trinajstić information content (AvgIpc) is 2.51. The van der Waals surface area contributed by atoms with E-state index in [0.717, 1.165) is 0 Å². The SMILES string of the molecule is CCNC(=NCC(C)(C)S(C)(=O)=O)NCC(C)Oc1ccccc1F.I. The van der Waals surface area contributed by atoms with Crippen molar-refractivity contribution in [3.63, 3.8) is 0 Å². The van der Waals surface area contributed by atoms with E-state index in [1.165, 1.54) is 12.3 Å². The second-order valence-electron chi connectivity index (χ2n) is 6.47. The maximum absolute atomic E-state index is 13.6. The number of ether oxygens (including phenoxy) is 1. The van der Waals surface area contributed by atoms with Gasteiger partial charge in [-0.25, -0.2) is 12.8 Å². The van der Waals surface area contributed by atoms with Crippen molar-refractivity contribution < 1.29 is 17.5 Å². The van der Waals surface area contributed by atoms with Gasteiger partial charge in [0.1, 0.15) is 6.10 Å². The summed E-state index contributed by atoms with van der Waals surface area (Å²) in [5, 5.41) is 6.13. The Bertz CT molecular complexity index is 696. The Morgan fingerprint density at radius 1 is 1.31 bits per heavy atom. The van der Waals surface area contributed by atoms with Crippen LogP contribution in [0, 0.1) is 5.82 Å². The van der Waals surface area contributed by atoms with E-state index < -0.39 is 20.4 Å². The van der Waals surface area contributed by atoms with Crippen molar-refractivity contribution in [1.82, 2.24) is 10.6 Å². The van der Waals surface area contributed by atoms with Gasteiger partial charge in [0.25, 0.3) is 0 Å². The van der Waals surface area contributed by atoms with Gasteiger partial charge in [0.15, 0.2) is 27.4 Å². The van der Waals surface area contributed by atoms with Gasteiger partial charge in [-0.1, -0.05) is 12.1 Å². The first-order valence-electron chi connectivity index (χ1n) is 8.20. The van der Waals surface area contributed by atoms with Gasteiger partial charge in [-0.2, -0.15) is 0 Å². The van der Waals surface area contributed by atoms with Crippen LogP contribution < -0.4 is 15.4 Å². The zero-order chi connectivity index (χ0) is 19.1. The quantitative estimate of drug-likeness (QED) is 0.325. The lowest BCUT2D eigenvalue weighted by Crippen LogP contribution is -2.43. The molecule has 0 saturated carbocycles. The Kier molecular flexibility index (Phi) is 10.4. The van der Waals surface area contributed by atoms with Gasteiger partial charge < -0.3 is 15.4 Å². The van der Waals surface area contributed by atoms with Crippen molar-refractivity contribution in [2.45, 2.75) is 38.5 Å². The van der Waals surface area contributed by atoms with Crippen LogP contribution in [0.5, 0.6) is 5.75 Å². The van der Waals surface area contributed by atoms with Crippen molar-refractivity contribution >= 4 is 39.8 Å². The average molecular weight is 501 g/mol. The first kappa shape index (κ1) is 24.9. The van der Waals surface area contributed by atoms with Crippen LogP contribution in [-0.2, 0) is 9.84 Å². The first-order chi connectivity index (χ1) is 11.6. The number of rotatable bonds is 8. The Labute approximate surface area is 172 Å². The molecule has 0 aromatic heterocycles. The second-order valence-corrected chi connectivity index (χ2v) is 9.12. The van der Waals surface area contributed by atoms with E-state index in [-0.39, 0.29) is 42.4 Å². The number of hydrogen-bond acceptors (Lipinski definition) is 4. The van der Waals surface area contributed by atoms with Crippen molar-refractivity contribution in [3.05, 3.63) is 30.1 Å². The number of nitrogens with zero attached hydrogens (tertiary/aromatic N) is 1. The Morgan fingerprint density at radius 3 is 2.46 bits per heavy atom. The highest BCUT2D eigenvalue weighted by Crippen LogP contribution is 2.17. The molecule has 1 atom stereocenters. The fourth-order valence-corrected chi connectivity index (χ4v) is 2.07. The second kappa shape index (κ2) is 10.9. The summed E-state index contributed by atoms with van der Waals surface area (Å²) in [7, 11) is -3.22. The Morgan fingerprint density at radius 2 is 1.92 bits per heavy atom. The van der Waals surface area contributed by atoms with E-state index in [1.807, 2.05) is 13.8 Å². The number of nitrogens with one attached hydrogen (secondary N) is 2. The lowest BCUT2D eigenvalue weighted by Gasteiger charge is -2.22. The molecule has 0 aliphatic rings. The fourth-order valence-electron chi connectivity index (χ4n) is 1.77. The molecule has 9 heteroatoms. The summed E-state index contributed by atoms with van der Waals surface area (Å²) in [6.45, 7) is 8.15. The van der Waals surface area contributed by atoms with Crippen LogP contribution in [0.4, 0.5) is 4.39 Å². The largest absolute Gasteiger partial charge is 0.486 e. The molecular formula is C17H29FIN3O3S. The predicted octanol–water partition coefficient (Wildman–Crippen LogP) is 2.59. The highest BCUT2D eigenvalue weighted by molar-refractivity contribution is 14.0. The number of aliphatic imine (C=N–C) groups is 1. The van der Waals surface area contributed by atoms with E-state index in [1.54, 1.807) is 32.0 Å². The molecule has 6 nitrogen and oxygen atoms in total. The summed E-state index contributed by atoms with van der Waals surface area (Å²) < 4.78 is 41.7. The molecule has 1 aromatic carbocycles. The molecule has 0 saturated heterocycles. The van der Waals surface area contributed by atoms with E-state index in [2.05, 4.69) is 15.6 Å². The fraction of sp³-hybridized carbons (Fsp3) is 0.588. The Balaban J connectivity index is 0.00000625. The maximum Gasteiger partial charge on any atom is 0.191 e. The molecule has 0 radical (unpaired) electrons. The van der Waals surface area contributed by atoms with Gasteiger partial charge in [0.05, 0.1) is 17.8 Å². The van der Waals surface area contributed by atoms with Gasteiger partial charge in [-0.05, 0) is 39.8 Å². The van der Waals surface area contributed by atoms with Crippen molar-refractivity contribution in [2.75, 3.05) is 25.9 Å². The molecule has 150 valence electrons. The molecule has 1 aromatic rings. The lowest BCUT2D eigenvalue weighted by molar-refractivity contribution is 0.214. The minimum Gasteiger partial charge on any atom is -0.486 e. The third-order valence-electron chi connectivity index (χ3n) is 3.69. The molecule has 1 rings (SSSR count). The summed E-state index contributed by atoms with van der Waals surface area (Å²) in [6, 6.07) is 6.22. The zero-order valence-corrected chi connectivity index (χ0v) is 19.0. The van der Waals surface area contributed by atoms with E-state index in [4.69, 9.17) is 4.74 Å². The summed E-state index contributed by atoms with van der Waals surface area (Å²) in [5.74, 6) is 0.269. The minimum absolute atomic E-state index is 0. The molecule has 0 spiro atoms.